The van der Waals surface area contributed by atoms with E-state index in [1.54, 1.807) is 23.1 Å². The van der Waals surface area contributed by atoms with Crippen LogP contribution in [0.3, 0.4) is 0 Å². The number of halogens is 3. The largest absolute Gasteiger partial charge is 0.483 e. The predicted molar refractivity (Wildman–Crippen MR) is 163 cm³/mol. The summed E-state index contributed by atoms with van der Waals surface area (Å²) in [6.07, 6.45) is 1.12. The number of hydrogen-bond acceptors (Lipinski definition) is 3. The molecule has 0 spiro atoms. The van der Waals surface area contributed by atoms with Gasteiger partial charge in [-0.3, -0.25) is 9.59 Å². The first-order valence-electron chi connectivity index (χ1n) is 13.0. The molecule has 0 unspecified atom stereocenters. The zero-order chi connectivity index (χ0) is 28.6. The Labute approximate surface area is 250 Å². The van der Waals surface area contributed by atoms with E-state index in [1.165, 1.54) is 0 Å². The fourth-order valence-electron chi connectivity index (χ4n) is 4.06. The van der Waals surface area contributed by atoms with Crippen LogP contribution in [-0.4, -0.2) is 35.9 Å². The number of amides is 2. The first-order valence-corrected chi connectivity index (χ1v) is 14.5. The van der Waals surface area contributed by atoms with Crippen molar-refractivity contribution < 1.29 is 14.3 Å². The van der Waals surface area contributed by atoms with E-state index in [9.17, 15) is 9.59 Å². The minimum Gasteiger partial charge on any atom is -0.483 e. The molecule has 2 amide bonds. The molecular weight excluding hydrogens is 599 g/mol. The van der Waals surface area contributed by atoms with Crippen LogP contribution in [0.5, 0.6) is 5.75 Å². The van der Waals surface area contributed by atoms with Gasteiger partial charge in [0.05, 0.1) is 4.47 Å². The van der Waals surface area contributed by atoms with E-state index in [0.717, 1.165) is 22.0 Å². The van der Waals surface area contributed by atoms with Gasteiger partial charge < -0.3 is 15.0 Å². The molecule has 0 saturated carbocycles. The molecular formula is C31H35BrCl2N2O3. The highest BCUT2D eigenvalue weighted by molar-refractivity contribution is 9.10. The van der Waals surface area contributed by atoms with E-state index >= 15 is 0 Å². The van der Waals surface area contributed by atoms with Gasteiger partial charge in [-0.1, -0.05) is 93.4 Å². The fourth-order valence-corrected chi connectivity index (χ4v) is 5.02. The maximum Gasteiger partial charge on any atom is 0.261 e. The van der Waals surface area contributed by atoms with Crippen LogP contribution in [0.4, 0.5) is 0 Å². The Bertz CT molecular complexity index is 1280. The van der Waals surface area contributed by atoms with Crippen molar-refractivity contribution in [1.82, 2.24) is 10.2 Å². The predicted octanol–water partition coefficient (Wildman–Crippen LogP) is 7.60. The summed E-state index contributed by atoms with van der Waals surface area (Å²) in [4.78, 5) is 28.8. The van der Waals surface area contributed by atoms with E-state index in [4.69, 9.17) is 27.9 Å². The lowest BCUT2D eigenvalue weighted by Crippen LogP contribution is -2.51. The highest BCUT2D eigenvalue weighted by Gasteiger charge is 2.31. The highest BCUT2D eigenvalue weighted by Crippen LogP contribution is 2.32. The molecule has 1 N–H and O–H groups in total. The lowest BCUT2D eigenvalue weighted by Gasteiger charge is -2.32. The monoisotopic (exact) mass is 632 g/mol. The summed E-state index contributed by atoms with van der Waals surface area (Å²) in [5.41, 5.74) is 2.74. The Hall–Kier alpha value is -2.54. The smallest absolute Gasteiger partial charge is 0.261 e. The second kappa shape index (κ2) is 14.2. The van der Waals surface area contributed by atoms with Gasteiger partial charge in [-0.2, -0.15) is 0 Å². The molecule has 0 fully saturated rings. The number of hydrogen-bond donors (Lipinski definition) is 1. The van der Waals surface area contributed by atoms with Gasteiger partial charge in [0.2, 0.25) is 5.91 Å². The molecule has 0 aliphatic rings. The van der Waals surface area contributed by atoms with Crippen LogP contribution in [0.2, 0.25) is 10.0 Å². The molecule has 0 aliphatic carbocycles. The third-order valence-electron chi connectivity index (χ3n) is 6.33. The summed E-state index contributed by atoms with van der Waals surface area (Å²) in [6.45, 7) is 8.78. The molecule has 3 rings (SSSR count). The van der Waals surface area contributed by atoms with Crippen LogP contribution in [0.25, 0.3) is 0 Å². The summed E-state index contributed by atoms with van der Waals surface area (Å²) >= 11 is 16.2. The first kappa shape index (κ1) is 31.0. The van der Waals surface area contributed by atoms with Gasteiger partial charge >= 0.3 is 0 Å². The Balaban J connectivity index is 1.92. The van der Waals surface area contributed by atoms with Gasteiger partial charge in [0.15, 0.2) is 6.61 Å². The van der Waals surface area contributed by atoms with E-state index < -0.39 is 6.04 Å². The summed E-state index contributed by atoms with van der Waals surface area (Å²) < 4.78 is 6.73. The SMILES string of the molecule is CCCNC(=O)[C@H](Cc1ccccc1)N(Cc1ccc(Cl)cc1Cl)C(=O)COc1ccc(C(C)(C)C)cc1Br. The van der Waals surface area contributed by atoms with Crippen molar-refractivity contribution in [2.45, 2.75) is 58.5 Å². The number of nitrogens with zero attached hydrogens (tertiary/aromatic N) is 1. The summed E-state index contributed by atoms with van der Waals surface area (Å²) in [5.74, 6) is -0.00823. The van der Waals surface area contributed by atoms with Gasteiger partial charge in [-0.25, -0.2) is 0 Å². The maximum absolute atomic E-state index is 13.8. The topological polar surface area (TPSA) is 58.6 Å². The number of nitrogens with one attached hydrogen (secondary N) is 1. The molecule has 5 nitrogen and oxygen atoms in total. The molecule has 0 radical (unpaired) electrons. The maximum atomic E-state index is 13.8. The first-order chi connectivity index (χ1) is 18.5. The van der Waals surface area contributed by atoms with Crippen molar-refractivity contribution in [3.63, 3.8) is 0 Å². The van der Waals surface area contributed by atoms with Crippen LogP contribution >= 0.6 is 39.1 Å². The van der Waals surface area contributed by atoms with Crippen LogP contribution in [0, 0.1) is 0 Å². The normalized spacial score (nSPS) is 12.1. The van der Waals surface area contributed by atoms with Crippen molar-refractivity contribution in [3.05, 3.63) is 97.9 Å². The molecule has 8 heteroatoms. The second-order valence-electron chi connectivity index (χ2n) is 10.4. The third-order valence-corrected chi connectivity index (χ3v) is 7.53. The molecule has 0 heterocycles. The minimum atomic E-state index is -0.770. The van der Waals surface area contributed by atoms with E-state index in [-0.39, 0.29) is 30.4 Å². The molecule has 3 aromatic carbocycles. The molecule has 0 bridgehead atoms. The standard InChI is InChI=1S/C31H35BrCl2N2O3/c1-5-15-35-30(38)27(16-21-9-7-6-8-10-21)36(19-22-11-13-24(33)18-26(22)34)29(37)20-39-28-14-12-23(17-25(28)32)31(2,3)4/h6-14,17-18,27H,5,15-16,19-20H2,1-4H3,(H,35,38)/t27-/m0/s1. The lowest BCUT2D eigenvalue weighted by atomic mass is 9.87. The number of carbonyl (C=O) groups is 2. The van der Waals surface area contributed by atoms with Crippen LogP contribution < -0.4 is 10.1 Å². The molecule has 208 valence electrons. The fraction of sp³-hybridized carbons (Fsp3) is 0.355. The van der Waals surface area contributed by atoms with Crippen LogP contribution in [0.1, 0.15) is 50.8 Å². The van der Waals surface area contributed by atoms with Crippen molar-refractivity contribution in [1.29, 1.82) is 0 Å². The van der Waals surface area contributed by atoms with Crippen LogP contribution in [-0.2, 0) is 28.0 Å². The zero-order valence-corrected chi connectivity index (χ0v) is 25.9. The van der Waals surface area contributed by atoms with Crippen molar-refractivity contribution in [2.75, 3.05) is 13.2 Å². The Morgan fingerprint density at radius 2 is 1.74 bits per heavy atom. The van der Waals surface area contributed by atoms with Gasteiger partial charge in [0.25, 0.3) is 5.91 Å². The Morgan fingerprint density at radius 1 is 1.03 bits per heavy atom. The second-order valence-corrected chi connectivity index (χ2v) is 12.1. The van der Waals surface area contributed by atoms with Crippen LogP contribution in [0.15, 0.2) is 71.2 Å². The number of rotatable bonds is 11. The van der Waals surface area contributed by atoms with Crippen molar-refractivity contribution in [2.24, 2.45) is 0 Å². The zero-order valence-electron chi connectivity index (χ0n) is 22.8. The average molecular weight is 634 g/mol. The summed E-state index contributed by atoms with van der Waals surface area (Å²) in [7, 11) is 0. The van der Waals surface area contributed by atoms with E-state index in [2.05, 4.69) is 42.0 Å². The van der Waals surface area contributed by atoms with E-state index in [0.29, 0.717) is 34.3 Å². The molecule has 0 aliphatic heterocycles. The van der Waals surface area contributed by atoms with Crippen molar-refractivity contribution >= 4 is 50.9 Å². The van der Waals surface area contributed by atoms with Gasteiger partial charge in [-0.15, -0.1) is 0 Å². The van der Waals surface area contributed by atoms with E-state index in [1.807, 2.05) is 55.5 Å². The molecule has 0 aromatic heterocycles. The number of carbonyl (C=O) groups excluding carboxylic acids is 2. The van der Waals surface area contributed by atoms with Gasteiger partial charge in [0, 0.05) is 29.6 Å². The quantitative estimate of drug-likeness (QED) is 0.237. The van der Waals surface area contributed by atoms with Gasteiger partial charge in [0.1, 0.15) is 11.8 Å². The highest BCUT2D eigenvalue weighted by atomic mass is 79.9. The summed E-state index contributed by atoms with van der Waals surface area (Å²) in [6, 6.07) is 19.9. The average Bonchev–Trinajstić information content (AvgIpc) is 2.89. The van der Waals surface area contributed by atoms with Crippen molar-refractivity contribution in [3.8, 4) is 5.75 Å². The van der Waals surface area contributed by atoms with Gasteiger partial charge in [-0.05, 0) is 68.7 Å². The number of benzene rings is 3. The minimum absolute atomic E-state index is 0.0258. The lowest BCUT2D eigenvalue weighted by molar-refractivity contribution is -0.142. The third kappa shape index (κ3) is 8.99. The Morgan fingerprint density at radius 3 is 2.36 bits per heavy atom. The molecule has 3 aromatic rings. The number of ether oxygens (including phenoxy) is 1. The molecule has 39 heavy (non-hydrogen) atoms. The molecule has 0 saturated heterocycles. The Kier molecular flexibility index (Phi) is 11.3. The molecule has 1 atom stereocenters. The summed E-state index contributed by atoms with van der Waals surface area (Å²) in [5, 5.41) is 3.89.